The number of carbonyl (C=O) groups excluding carboxylic acids is 4. The Kier molecular flexibility index (Phi) is 11.4. The van der Waals surface area contributed by atoms with Crippen LogP contribution in [0.2, 0.25) is 0 Å². The standard InChI is InChI=1S/C43H48N4O7/c48-27-43(20-10-11-21-43)47-39(49)23-28-12-2-1-3-19-38(41(51)53-25-30(45-40(28)50)22-29-24-44-37-18-9-8-13-31(29)37)46-42(52)54-26-36-34-16-6-4-14-32(34)33-15-5-7-17-35(33)36/h1-2,4-9,13-18,24,28,30,36,38,44,48H,3,10-12,19-23,25-27H2,(H,45,50)(H,46,52)(H,47,49). The van der Waals surface area contributed by atoms with Crippen molar-refractivity contribution in [3.05, 3.63) is 108 Å². The molecule has 0 saturated heterocycles. The minimum absolute atomic E-state index is 0.0521. The van der Waals surface area contributed by atoms with Crippen LogP contribution in [0.5, 0.6) is 0 Å². The van der Waals surface area contributed by atoms with Gasteiger partial charge in [0.15, 0.2) is 0 Å². The third-order valence-electron chi connectivity index (χ3n) is 11.1. The van der Waals surface area contributed by atoms with Gasteiger partial charge in [0, 0.05) is 29.4 Å². The number of aliphatic hydroxyl groups excluding tert-OH is 1. The zero-order valence-corrected chi connectivity index (χ0v) is 30.4. The molecule has 0 radical (unpaired) electrons. The van der Waals surface area contributed by atoms with Crippen LogP contribution in [0.3, 0.4) is 0 Å². The molecule has 282 valence electrons. The fourth-order valence-corrected chi connectivity index (χ4v) is 8.22. The first-order valence-corrected chi connectivity index (χ1v) is 19.0. The minimum Gasteiger partial charge on any atom is -0.462 e. The van der Waals surface area contributed by atoms with E-state index in [-0.39, 0.29) is 50.4 Å². The summed E-state index contributed by atoms with van der Waals surface area (Å²) in [6.45, 7) is -0.180. The number of H-pyrrole nitrogens is 1. The Labute approximate surface area is 314 Å². The Morgan fingerprint density at radius 2 is 1.63 bits per heavy atom. The number of nitrogens with one attached hydrogen (secondary N) is 4. The topological polar surface area (TPSA) is 159 Å². The number of amides is 3. The van der Waals surface area contributed by atoms with Gasteiger partial charge in [-0.25, -0.2) is 9.59 Å². The molecule has 4 aromatic rings. The molecule has 5 N–H and O–H groups in total. The average Bonchev–Trinajstić information content (AvgIpc) is 3.91. The van der Waals surface area contributed by atoms with Crippen LogP contribution >= 0.6 is 0 Å². The highest BCUT2D eigenvalue weighted by Crippen LogP contribution is 2.44. The molecule has 0 bridgehead atoms. The molecule has 0 spiro atoms. The highest BCUT2D eigenvalue weighted by atomic mass is 16.6. The van der Waals surface area contributed by atoms with Crippen LogP contribution in [0.25, 0.3) is 22.0 Å². The molecule has 3 unspecified atom stereocenters. The molecule has 1 aromatic heterocycles. The van der Waals surface area contributed by atoms with Crippen molar-refractivity contribution >= 4 is 34.8 Å². The Hall–Kier alpha value is -5.42. The van der Waals surface area contributed by atoms with Crippen molar-refractivity contribution in [2.24, 2.45) is 5.92 Å². The average molecular weight is 733 g/mol. The Morgan fingerprint density at radius 3 is 2.37 bits per heavy atom. The first-order valence-electron chi connectivity index (χ1n) is 19.0. The molecule has 3 atom stereocenters. The quantitative estimate of drug-likeness (QED) is 0.107. The maximum absolute atomic E-state index is 13.9. The van der Waals surface area contributed by atoms with Gasteiger partial charge in [-0.1, -0.05) is 91.7 Å². The van der Waals surface area contributed by atoms with Crippen LogP contribution in [0.4, 0.5) is 4.79 Å². The summed E-state index contributed by atoms with van der Waals surface area (Å²) in [5, 5.41) is 19.9. The molecule has 3 aromatic carbocycles. The van der Waals surface area contributed by atoms with E-state index >= 15 is 0 Å². The Morgan fingerprint density at radius 1 is 0.926 bits per heavy atom. The van der Waals surface area contributed by atoms with E-state index in [2.05, 4.69) is 33.1 Å². The second kappa shape index (κ2) is 16.7. The number of hydrogen-bond acceptors (Lipinski definition) is 7. The van der Waals surface area contributed by atoms with E-state index in [1.165, 1.54) is 0 Å². The molecule has 2 aliphatic carbocycles. The number of aliphatic hydroxyl groups is 1. The van der Waals surface area contributed by atoms with E-state index in [0.29, 0.717) is 32.1 Å². The normalized spacial score (nSPS) is 21.5. The largest absolute Gasteiger partial charge is 0.462 e. The lowest BCUT2D eigenvalue weighted by Gasteiger charge is -2.29. The second-order valence-electron chi connectivity index (χ2n) is 14.8. The number of esters is 1. The van der Waals surface area contributed by atoms with Crippen LogP contribution in [0, 0.1) is 5.92 Å². The number of benzene rings is 3. The second-order valence-corrected chi connectivity index (χ2v) is 14.8. The molecule has 3 aliphatic rings. The molecular weight excluding hydrogens is 684 g/mol. The smallest absolute Gasteiger partial charge is 0.407 e. The van der Waals surface area contributed by atoms with Crippen LogP contribution in [0.1, 0.15) is 74.0 Å². The van der Waals surface area contributed by atoms with Gasteiger partial charge in [-0.3, -0.25) is 9.59 Å². The number of rotatable bonds is 9. The lowest BCUT2D eigenvalue weighted by Crippen LogP contribution is -2.50. The van der Waals surface area contributed by atoms with Gasteiger partial charge in [-0.05, 0) is 72.4 Å². The summed E-state index contributed by atoms with van der Waals surface area (Å²) < 4.78 is 11.6. The highest BCUT2D eigenvalue weighted by Gasteiger charge is 2.36. The van der Waals surface area contributed by atoms with E-state index in [9.17, 15) is 24.3 Å². The number of aromatic amines is 1. The maximum Gasteiger partial charge on any atom is 0.407 e. The molecule has 54 heavy (non-hydrogen) atoms. The number of aromatic nitrogens is 1. The van der Waals surface area contributed by atoms with Crippen molar-refractivity contribution in [3.8, 4) is 11.1 Å². The van der Waals surface area contributed by atoms with Crippen LogP contribution < -0.4 is 16.0 Å². The minimum atomic E-state index is -0.988. The maximum atomic E-state index is 13.9. The molecule has 2 heterocycles. The van der Waals surface area contributed by atoms with Gasteiger partial charge in [0.05, 0.1) is 24.1 Å². The van der Waals surface area contributed by atoms with Crippen LogP contribution in [0.15, 0.2) is 91.1 Å². The van der Waals surface area contributed by atoms with E-state index < -0.39 is 35.6 Å². The third kappa shape index (κ3) is 8.36. The van der Waals surface area contributed by atoms with Crippen LogP contribution in [-0.2, 0) is 30.3 Å². The van der Waals surface area contributed by atoms with Gasteiger partial charge in [0.2, 0.25) is 11.8 Å². The summed E-state index contributed by atoms with van der Waals surface area (Å²) in [5.41, 5.74) is 5.64. The van der Waals surface area contributed by atoms with E-state index in [4.69, 9.17) is 9.47 Å². The number of fused-ring (bicyclic) bond motifs is 4. The number of cyclic esters (lactones) is 1. The van der Waals surface area contributed by atoms with Gasteiger partial charge in [0.25, 0.3) is 0 Å². The zero-order chi connectivity index (χ0) is 37.5. The molecule has 11 heteroatoms. The summed E-state index contributed by atoms with van der Waals surface area (Å²) in [6.07, 6.45) is 9.39. The van der Waals surface area contributed by atoms with Crippen molar-refractivity contribution in [2.45, 2.75) is 81.3 Å². The predicted molar refractivity (Wildman–Crippen MR) is 204 cm³/mol. The van der Waals surface area contributed by atoms with Crippen molar-refractivity contribution in [2.75, 3.05) is 19.8 Å². The number of ether oxygens (including phenoxy) is 2. The SMILES string of the molecule is O=C(CC1CC=CCCC(NC(=O)OCC2c3ccccc3-c3ccccc32)C(=O)OCC(Cc2c[nH]c3ccccc23)NC1=O)NC1(CO)CCCC1. The van der Waals surface area contributed by atoms with Crippen LogP contribution in [-0.4, -0.2) is 71.4 Å². The first-order chi connectivity index (χ1) is 26.3. The molecule has 11 nitrogen and oxygen atoms in total. The fourth-order valence-electron chi connectivity index (χ4n) is 8.22. The molecule has 7 rings (SSSR count). The van der Waals surface area contributed by atoms with Gasteiger partial charge in [-0.15, -0.1) is 0 Å². The third-order valence-corrected chi connectivity index (χ3v) is 11.1. The lowest BCUT2D eigenvalue weighted by molar-refractivity contribution is -0.147. The van der Waals surface area contributed by atoms with Crippen molar-refractivity contribution in [1.29, 1.82) is 0 Å². The van der Waals surface area contributed by atoms with Gasteiger partial charge in [0.1, 0.15) is 19.3 Å². The summed E-state index contributed by atoms with van der Waals surface area (Å²) in [5.74, 6) is -2.05. The van der Waals surface area contributed by atoms with Crippen molar-refractivity contribution in [3.63, 3.8) is 0 Å². The van der Waals surface area contributed by atoms with Crippen molar-refractivity contribution in [1.82, 2.24) is 20.9 Å². The van der Waals surface area contributed by atoms with Gasteiger partial charge in [-0.2, -0.15) is 0 Å². The molecule has 1 aliphatic heterocycles. The monoisotopic (exact) mass is 732 g/mol. The zero-order valence-electron chi connectivity index (χ0n) is 30.4. The van der Waals surface area contributed by atoms with Crippen molar-refractivity contribution < 1.29 is 33.8 Å². The van der Waals surface area contributed by atoms with Gasteiger partial charge < -0.3 is 35.5 Å². The summed E-state index contributed by atoms with van der Waals surface area (Å²) in [4.78, 5) is 57.3. The van der Waals surface area contributed by atoms with E-state index in [0.717, 1.165) is 51.6 Å². The fraction of sp³-hybridized carbons (Fsp3) is 0.395. The summed E-state index contributed by atoms with van der Waals surface area (Å²) in [6, 6.07) is 22.4. The highest BCUT2D eigenvalue weighted by molar-refractivity contribution is 5.87. The summed E-state index contributed by atoms with van der Waals surface area (Å²) in [7, 11) is 0. The van der Waals surface area contributed by atoms with Gasteiger partial charge >= 0.3 is 12.1 Å². The first kappa shape index (κ1) is 36.9. The molecule has 3 amide bonds. The number of para-hydroxylation sites is 1. The Balaban J connectivity index is 1.05. The number of alkyl carbamates (subject to hydrolysis) is 1. The predicted octanol–water partition coefficient (Wildman–Crippen LogP) is 5.81. The molecular formula is C43H48N4O7. The lowest BCUT2D eigenvalue weighted by atomic mass is 9.95. The molecule has 1 fully saturated rings. The van der Waals surface area contributed by atoms with E-state index in [1.54, 1.807) is 0 Å². The number of hydrogen-bond donors (Lipinski definition) is 5. The number of carbonyl (C=O) groups is 4. The van der Waals surface area contributed by atoms with E-state index in [1.807, 2.05) is 79.0 Å². The summed E-state index contributed by atoms with van der Waals surface area (Å²) >= 11 is 0. The Bertz CT molecular complexity index is 1970. The number of allylic oxidation sites excluding steroid dienone is 2. The molecule has 1 saturated carbocycles.